The van der Waals surface area contributed by atoms with E-state index in [2.05, 4.69) is 15.4 Å². The van der Waals surface area contributed by atoms with Crippen molar-refractivity contribution in [1.82, 2.24) is 14.6 Å². The molecule has 0 unspecified atom stereocenters. The van der Waals surface area contributed by atoms with E-state index in [9.17, 15) is 4.79 Å². The van der Waals surface area contributed by atoms with Gasteiger partial charge in [0.05, 0.1) is 12.8 Å². The van der Waals surface area contributed by atoms with Crippen molar-refractivity contribution in [2.24, 2.45) is 0 Å². The van der Waals surface area contributed by atoms with E-state index >= 15 is 0 Å². The molecule has 126 valence electrons. The SMILES string of the molecule is COc1ccccc1-c1csc2nc(NC(=O)c3ccc(C)o3)nn12. The highest BCUT2D eigenvalue weighted by atomic mass is 32.1. The minimum absolute atomic E-state index is 0.223. The summed E-state index contributed by atoms with van der Waals surface area (Å²) in [5, 5.41) is 8.99. The summed E-state index contributed by atoms with van der Waals surface area (Å²) in [5.74, 6) is 1.48. The van der Waals surface area contributed by atoms with Gasteiger partial charge in [-0.3, -0.25) is 10.1 Å². The second kappa shape index (κ2) is 6.06. The number of fused-ring (bicyclic) bond motifs is 1. The van der Waals surface area contributed by atoms with E-state index in [-0.39, 0.29) is 17.6 Å². The summed E-state index contributed by atoms with van der Waals surface area (Å²) in [6, 6.07) is 11.0. The summed E-state index contributed by atoms with van der Waals surface area (Å²) in [7, 11) is 1.63. The summed E-state index contributed by atoms with van der Waals surface area (Å²) in [5.41, 5.74) is 1.75. The Morgan fingerprint density at radius 2 is 2.12 bits per heavy atom. The van der Waals surface area contributed by atoms with Crippen LogP contribution in [0.25, 0.3) is 16.2 Å². The molecule has 3 aromatic heterocycles. The fourth-order valence-electron chi connectivity index (χ4n) is 2.50. The number of carbonyl (C=O) groups is 1. The number of methoxy groups -OCH3 is 1. The van der Waals surface area contributed by atoms with Crippen LogP contribution in [0.1, 0.15) is 16.3 Å². The molecule has 1 aromatic carbocycles. The van der Waals surface area contributed by atoms with Crippen LogP contribution in [-0.4, -0.2) is 27.6 Å². The third-order valence-corrected chi connectivity index (χ3v) is 4.47. The smallest absolute Gasteiger partial charge is 0.293 e. The second-order valence-electron chi connectivity index (χ2n) is 5.32. The molecule has 0 aliphatic rings. The van der Waals surface area contributed by atoms with Crippen LogP contribution >= 0.6 is 11.3 Å². The van der Waals surface area contributed by atoms with Crippen LogP contribution in [0.5, 0.6) is 5.75 Å². The maximum absolute atomic E-state index is 12.2. The molecule has 0 aliphatic heterocycles. The molecule has 4 rings (SSSR count). The first-order valence-electron chi connectivity index (χ1n) is 7.51. The molecule has 3 heterocycles. The van der Waals surface area contributed by atoms with E-state index in [1.54, 1.807) is 30.7 Å². The number of nitrogens with zero attached hydrogens (tertiary/aromatic N) is 3. The monoisotopic (exact) mass is 354 g/mol. The molecule has 0 radical (unpaired) electrons. The van der Waals surface area contributed by atoms with Gasteiger partial charge in [-0.15, -0.1) is 16.4 Å². The number of aryl methyl sites for hydroxylation is 1. The quantitative estimate of drug-likeness (QED) is 0.605. The highest BCUT2D eigenvalue weighted by Gasteiger charge is 2.17. The summed E-state index contributed by atoms with van der Waals surface area (Å²) >= 11 is 1.43. The van der Waals surface area contributed by atoms with E-state index in [1.165, 1.54) is 11.3 Å². The van der Waals surface area contributed by atoms with Gasteiger partial charge in [0.15, 0.2) is 5.76 Å². The maximum Gasteiger partial charge on any atom is 0.293 e. The number of amides is 1. The van der Waals surface area contributed by atoms with E-state index < -0.39 is 0 Å². The van der Waals surface area contributed by atoms with E-state index in [0.29, 0.717) is 10.7 Å². The van der Waals surface area contributed by atoms with Crippen molar-refractivity contribution in [3.05, 3.63) is 53.3 Å². The topological polar surface area (TPSA) is 81.7 Å². The van der Waals surface area contributed by atoms with Crippen molar-refractivity contribution in [3.63, 3.8) is 0 Å². The molecule has 0 saturated carbocycles. The molecule has 4 aromatic rings. The second-order valence-corrected chi connectivity index (χ2v) is 6.15. The zero-order valence-electron chi connectivity index (χ0n) is 13.5. The summed E-state index contributed by atoms with van der Waals surface area (Å²) in [4.78, 5) is 17.2. The van der Waals surface area contributed by atoms with Crippen molar-refractivity contribution in [2.75, 3.05) is 12.4 Å². The standard InChI is InChI=1S/C17H14N4O3S/c1-10-7-8-14(24-10)15(22)18-16-19-17-21(20-16)12(9-25-17)11-5-3-4-6-13(11)23-2/h3-9H,1-2H3,(H,18,20,22). The lowest BCUT2D eigenvalue weighted by atomic mass is 10.1. The molecule has 25 heavy (non-hydrogen) atoms. The molecule has 0 atom stereocenters. The number of benzene rings is 1. The first kappa shape index (κ1) is 15.4. The maximum atomic E-state index is 12.2. The van der Waals surface area contributed by atoms with E-state index in [1.807, 2.05) is 29.6 Å². The Morgan fingerprint density at radius 1 is 1.28 bits per heavy atom. The number of para-hydroxylation sites is 1. The Kier molecular flexibility index (Phi) is 3.73. The Labute approximate surface area is 146 Å². The van der Waals surface area contributed by atoms with Crippen LogP contribution in [0.3, 0.4) is 0 Å². The van der Waals surface area contributed by atoms with Gasteiger partial charge in [-0.1, -0.05) is 12.1 Å². The Bertz CT molecular complexity index is 1060. The molecular weight excluding hydrogens is 340 g/mol. The lowest BCUT2D eigenvalue weighted by Crippen LogP contribution is -2.12. The van der Waals surface area contributed by atoms with Crippen molar-refractivity contribution >= 4 is 28.2 Å². The van der Waals surface area contributed by atoms with Gasteiger partial charge < -0.3 is 9.15 Å². The van der Waals surface area contributed by atoms with Gasteiger partial charge in [-0.05, 0) is 31.2 Å². The number of rotatable bonds is 4. The van der Waals surface area contributed by atoms with Crippen molar-refractivity contribution in [1.29, 1.82) is 0 Å². The van der Waals surface area contributed by atoms with Crippen LogP contribution in [0.15, 0.2) is 46.2 Å². The molecule has 0 aliphatic carbocycles. The van der Waals surface area contributed by atoms with Gasteiger partial charge in [0.2, 0.25) is 4.96 Å². The van der Waals surface area contributed by atoms with Gasteiger partial charge in [-0.25, -0.2) is 4.52 Å². The minimum atomic E-state index is -0.384. The summed E-state index contributed by atoms with van der Waals surface area (Å²) in [6.07, 6.45) is 0. The van der Waals surface area contributed by atoms with Crippen LogP contribution in [-0.2, 0) is 0 Å². The predicted molar refractivity (Wildman–Crippen MR) is 94.3 cm³/mol. The molecule has 8 heteroatoms. The zero-order valence-corrected chi connectivity index (χ0v) is 14.3. The summed E-state index contributed by atoms with van der Waals surface area (Å²) in [6.45, 7) is 1.78. The number of hydrogen-bond acceptors (Lipinski definition) is 6. The van der Waals surface area contributed by atoms with Gasteiger partial charge in [0.25, 0.3) is 11.9 Å². The number of nitrogens with one attached hydrogen (secondary N) is 1. The fraction of sp³-hybridized carbons (Fsp3) is 0.118. The predicted octanol–water partition coefficient (Wildman–Crippen LogP) is 3.62. The number of hydrogen-bond donors (Lipinski definition) is 1. The average Bonchev–Trinajstić information content (AvgIpc) is 3.30. The number of anilines is 1. The largest absolute Gasteiger partial charge is 0.496 e. The molecule has 0 saturated heterocycles. The lowest BCUT2D eigenvalue weighted by Gasteiger charge is -2.06. The molecule has 1 N–H and O–H groups in total. The molecule has 0 fully saturated rings. The molecule has 1 amide bonds. The summed E-state index contributed by atoms with van der Waals surface area (Å²) < 4.78 is 12.4. The van der Waals surface area contributed by atoms with Crippen LogP contribution < -0.4 is 10.1 Å². The molecule has 7 nitrogen and oxygen atoms in total. The minimum Gasteiger partial charge on any atom is -0.496 e. The number of carbonyl (C=O) groups excluding carboxylic acids is 1. The molecular formula is C17H14N4O3S. The van der Waals surface area contributed by atoms with Gasteiger partial charge in [-0.2, -0.15) is 4.98 Å². The third kappa shape index (κ3) is 2.76. The first-order valence-corrected chi connectivity index (χ1v) is 8.39. The highest BCUT2D eigenvalue weighted by molar-refractivity contribution is 7.15. The Balaban J connectivity index is 1.68. The fourth-order valence-corrected chi connectivity index (χ4v) is 3.32. The molecule has 0 spiro atoms. The number of ether oxygens (including phenoxy) is 1. The number of thiazole rings is 1. The highest BCUT2D eigenvalue weighted by Crippen LogP contribution is 2.32. The van der Waals surface area contributed by atoms with Crippen LogP contribution in [0, 0.1) is 6.92 Å². The van der Waals surface area contributed by atoms with Crippen molar-refractivity contribution in [3.8, 4) is 17.0 Å². The van der Waals surface area contributed by atoms with Gasteiger partial charge in [0, 0.05) is 10.9 Å². The van der Waals surface area contributed by atoms with Gasteiger partial charge in [0.1, 0.15) is 11.5 Å². The number of aromatic nitrogens is 3. The third-order valence-electron chi connectivity index (χ3n) is 3.65. The van der Waals surface area contributed by atoms with E-state index in [4.69, 9.17) is 9.15 Å². The van der Waals surface area contributed by atoms with E-state index in [0.717, 1.165) is 17.0 Å². The van der Waals surface area contributed by atoms with Gasteiger partial charge >= 0.3 is 0 Å². The molecule has 0 bridgehead atoms. The lowest BCUT2D eigenvalue weighted by molar-refractivity contribution is 0.0994. The Hall–Kier alpha value is -3.13. The Morgan fingerprint density at radius 3 is 2.88 bits per heavy atom. The normalized spacial score (nSPS) is 11.0. The number of furan rings is 1. The van der Waals surface area contributed by atoms with Crippen molar-refractivity contribution < 1.29 is 13.9 Å². The van der Waals surface area contributed by atoms with Crippen LogP contribution in [0.2, 0.25) is 0 Å². The van der Waals surface area contributed by atoms with Crippen LogP contribution in [0.4, 0.5) is 5.95 Å². The van der Waals surface area contributed by atoms with Crippen molar-refractivity contribution in [2.45, 2.75) is 6.92 Å². The first-order chi connectivity index (χ1) is 12.2. The average molecular weight is 354 g/mol. The zero-order chi connectivity index (χ0) is 17.4.